The molecule has 84 valence electrons. The van der Waals surface area contributed by atoms with E-state index in [2.05, 4.69) is 4.98 Å². The van der Waals surface area contributed by atoms with Gasteiger partial charge in [-0.15, -0.1) is 0 Å². The third-order valence-electron chi connectivity index (χ3n) is 2.08. The first-order valence-corrected chi connectivity index (χ1v) is 6.71. The van der Waals surface area contributed by atoms with E-state index in [1.54, 1.807) is 24.3 Å². The van der Waals surface area contributed by atoms with Gasteiger partial charge in [0, 0.05) is 10.4 Å². The van der Waals surface area contributed by atoms with Crippen LogP contribution in [0.4, 0.5) is 0 Å². The lowest BCUT2D eigenvalue weighted by Crippen LogP contribution is -1.91. The van der Waals surface area contributed by atoms with Crippen molar-refractivity contribution in [3.05, 3.63) is 41.0 Å². The second kappa shape index (κ2) is 4.15. The first-order chi connectivity index (χ1) is 7.44. The molecule has 0 radical (unpaired) electrons. The standard InChI is InChI=1S/C10H9ClNO3P/c11-8-3-1-7-2-4-9(6-16(13,14)15)12-10(7)5-8/h1-5H,6H2,(H2,13,14,15). The van der Waals surface area contributed by atoms with Crippen LogP contribution in [0.5, 0.6) is 0 Å². The van der Waals surface area contributed by atoms with Crippen molar-refractivity contribution < 1.29 is 14.4 Å². The summed E-state index contributed by atoms with van der Waals surface area (Å²) in [7, 11) is -4.07. The van der Waals surface area contributed by atoms with Crippen molar-refractivity contribution in [2.75, 3.05) is 0 Å². The molecule has 0 unspecified atom stereocenters. The van der Waals surface area contributed by atoms with Gasteiger partial charge in [0.15, 0.2) is 0 Å². The number of benzene rings is 1. The summed E-state index contributed by atoms with van der Waals surface area (Å²) in [4.78, 5) is 21.8. The summed E-state index contributed by atoms with van der Waals surface area (Å²) in [6.45, 7) is 0. The number of rotatable bonds is 2. The van der Waals surface area contributed by atoms with Crippen molar-refractivity contribution in [2.45, 2.75) is 6.16 Å². The summed E-state index contributed by atoms with van der Waals surface area (Å²) >= 11 is 5.81. The van der Waals surface area contributed by atoms with E-state index >= 15 is 0 Å². The van der Waals surface area contributed by atoms with Crippen LogP contribution in [0.15, 0.2) is 30.3 Å². The summed E-state index contributed by atoms with van der Waals surface area (Å²) in [5.74, 6) is 0. The Hall–Kier alpha value is -0.930. The highest BCUT2D eigenvalue weighted by molar-refractivity contribution is 7.50. The van der Waals surface area contributed by atoms with Gasteiger partial charge in [0.05, 0.1) is 17.4 Å². The Morgan fingerprint density at radius 1 is 1.25 bits per heavy atom. The molecular formula is C10H9ClNO3P. The summed E-state index contributed by atoms with van der Waals surface area (Å²) in [5, 5.41) is 1.44. The van der Waals surface area contributed by atoms with Crippen molar-refractivity contribution in [1.29, 1.82) is 0 Å². The van der Waals surface area contributed by atoms with E-state index in [-0.39, 0.29) is 6.16 Å². The molecule has 1 aromatic heterocycles. The molecule has 2 aromatic rings. The van der Waals surface area contributed by atoms with Gasteiger partial charge in [0.1, 0.15) is 0 Å². The fourth-order valence-corrected chi connectivity index (χ4v) is 2.20. The van der Waals surface area contributed by atoms with Crippen molar-refractivity contribution >= 4 is 30.1 Å². The van der Waals surface area contributed by atoms with E-state index in [0.29, 0.717) is 16.2 Å². The molecule has 0 aliphatic carbocycles. The fourth-order valence-electron chi connectivity index (χ4n) is 1.43. The Bertz CT molecular complexity index is 581. The molecule has 0 amide bonds. The molecule has 4 nitrogen and oxygen atoms in total. The van der Waals surface area contributed by atoms with E-state index in [4.69, 9.17) is 21.4 Å². The van der Waals surface area contributed by atoms with E-state index in [1.165, 1.54) is 0 Å². The highest BCUT2D eigenvalue weighted by Gasteiger charge is 2.15. The van der Waals surface area contributed by atoms with Crippen molar-refractivity contribution in [2.24, 2.45) is 0 Å². The zero-order valence-electron chi connectivity index (χ0n) is 8.17. The molecule has 0 saturated heterocycles. The minimum Gasteiger partial charge on any atom is -0.324 e. The van der Waals surface area contributed by atoms with Crippen LogP contribution in [0.2, 0.25) is 5.02 Å². The minimum absolute atomic E-state index is 0.352. The number of hydrogen-bond donors (Lipinski definition) is 2. The molecular weight excluding hydrogens is 249 g/mol. The summed E-state index contributed by atoms with van der Waals surface area (Å²) < 4.78 is 10.8. The maximum Gasteiger partial charge on any atom is 0.331 e. The normalized spacial score (nSPS) is 11.9. The van der Waals surface area contributed by atoms with Gasteiger partial charge in [-0.2, -0.15) is 0 Å². The summed E-state index contributed by atoms with van der Waals surface area (Å²) in [6, 6.07) is 8.60. The zero-order chi connectivity index (χ0) is 11.8. The van der Waals surface area contributed by atoms with E-state index in [1.807, 2.05) is 6.07 Å². The summed E-state index contributed by atoms with van der Waals surface area (Å²) in [6.07, 6.45) is -0.352. The maximum absolute atomic E-state index is 10.8. The number of halogens is 1. The fraction of sp³-hybridized carbons (Fsp3) is 0.100. The quantitative estimate of drug-likeness (QED) is 0.811. The predicted octanol–water partition coefficient (Wildman–Crippen LogP) is 2.57. The van der Waals surface area contributed by atoms with Gasteiger partial charge >= 0.3 is 7.60 Å². The molecule has 16 heavy (non-hydrogen) atoms. The first kappa shape index (κ1) is 11.6. The van der Waals surface area contributed by atoms with Gasteiger partial charge in [0.25, 0.3) is 0 Å². The first-order valence-electron chi connectivity index (χ1n) is 4.54. The van der Waals surface area contributed by atoms with Crippen LogP contribution in [0, 0.1) is 0 Å². The van der Waals surface area contributed by atoms with Crippen LogP contribution in [0.3, 0.4) is 0 Å². The Labute approximate surface area is 97.1 Å². The Morgan fingerprint density at radius 2 is 1.94 bits per heavy atom. The minimum atomic E-state index is -4.07. The molecule has 1 aromatic carbocycles. The summed E-state index contributed by atoms with van der Waals surface area (Å²) in [5.41, 5.74) is 1.00. The highest BCUT2D eigenvalue weighted by Crippen LogP contribution is 2.38. The van der Waals surface area contributed by atoms with E-state index in [0.717, 1.165) is 5.39 Å². The van der Waals surface area contributed by atoms with E-state index in [9.17, 15) is 4.57 Å². The lowest BCUT2D eigenvalue weighted by atomic mass is 10.2. The van der Waals surface area contributed by atoms with Gasteiger partial charge < -0.3 is 9.79 Å². The number of pyridine rings is 1. The van der Waals surface area contributed by atoms with Crippen LogP contribution in [-0.2, 0) is 10.7 Å². The van der Waals surface area contributed by atoms with Gasteiger partial charge in [0.2, 0.25) is 0 Å². The smallest absolute Gasteiger partial charge is 0.324 e. The third kappa shape index (κ3) is 2.80. The molecule has 0 saturated carbocycles. The number of nitrogens with zero attached hydrogens (tertiary/aromatic N) is 1. The average molecular weight is 258 g/mol. The molecule has 6 heteroatoms. The largest absolute Gasteiger partial charge is 0.331 e. The van der Waals surface area contributed by atoms with Gasteiger partial charge in [-0.1, -0.05) is 23.7 Å². The second-order valence-electron chi connectivity index (χ2n) is 3.46. The lowest BCUT2D eigenvalue weighted by molar-refractivity contribution is 0.371. The zero-order valence-corrected chi connectivity index (χ0v) is 9.82. The lowest BCUT2D eigenvalue weighted by Gasteiger charge is -2.04. The van der Waals surface area contributed by atoms with Crippen molar-refractivity contribution in [1.82, 2.24) is 4.98 Å². The Balaban J connectivity index is 2.47. The molecule has 0 bridgehead atoms. The topological polar surface area (TPSA) is 70.4 Å². The third-order valence-corrected chi connectivity index (χ3v) is 3.05. The van der Waals surface area contributed by atoms with Crippen LogP contribution >= 0.6 is 19.2 Å². The van der Waals surface area contributed by atoms with Crippen molar-refractivity contribution in [3.8, 4) is 0 Å². The van der Waals surface area contributed by atoms with Crippen LogP contribution < -0.4 is 0 Å². The van der Waals surface area contributed by atoms with Gasteiger partial charge in [-0.3, -0.25) is 9.55 Å². The Kier molecular flexibility index (Phi) is 3.00. The molecule has 0 atom stereocenters. The van der Waals surface area contributed by atoms with Crippen LogP contribution in [0.1, 0.15) is 5.69 Å². The monoisotopic (exact) mass is 257 g/mol. The molecule has 0 spiro atoms. The molecule has 0 fully saturated rings. The Morgan fingerprint density at radius 3 is 2.62 bits per heavy atom. The van der Waals surface area contributed by atoms with Crippen LogP contribution in [0.25, 0.3) is 10.9 Å². The number of fused-ring (bicyclic) bond motifs is 1. The van der Waals surface area contributed by atoms with Gasteiger partial charge in [-0.25, -0.2) is 0 Å². The molecule has 2 N–H and O–H groups in total. The highest BCUT2D eigenvalue weighted by atomic mass is 35.5. The molecule has 0 aliphatic rings. The number of hydrogen-bond acceptors (Lipinski definition) is 2. The average Bonchev–Trinajstić information content (AvgIpc) is 2.14. The molecule has 0 aliphatic heterocycles. The van der Waals surface area contributed by atoms with Gasteiger partial charge in [-0.05, 0) is 18.2 Å². The SMILES string of the molecule is O=P(O)(O)Cc1ccc2ccc(Cl)cc2n1. The van der Waals surface area contributed by atoms with Crippen LogP contribution in [-0.4, -0.2) is 14.8 Å². The molecule has 2 rings (SSSR count). The second-order valence-corrected chi connectivity index (χ2v) is 5.54. The molecule has 1 heterocycles. The van der Waals surface area contributed by atoms with Crippen molar-refractivity contribution in [3.63, 3.8) is 0 Å². The number of aromatic nitrogens is 1. The predicted molar refractivity (Wildman–Crippen MR) is 62.5 cm³/mol. The maximum atomic E-state index is 10.8. The van der Waals surface area contributed by atoms with E-state index < -0.39 is 7.60 Å².